The Morgan fingerprint density at radius 2 is 1.83 bits per heavy atom. The van der Waals surface area contributed by atoms with Crippen LogP contribution in [0.3, 0.4) is 0 Å². The highest BCUT2D eigenvalue weighted by Crippen LogP contribution is 2.30. The number of nitrogens with zero attached hydrogens (tertiary/aromatic N) is 2. The quantitative estimate of drug-likeness (QED) is 0.502. The number of hydrogen-bond donors (Lipinski definition) is 1. The van der Waals surface area contributed by atoms with Gasteiger partial charge in [-0.15, -0.1) is 0 Å². The minimum atomic E-state index is -3.94. The second-order valence-corrected chi connectivity index (χ2v) is 8.85. The van der Waals surface area contributed by atoms with E-state index in [0.29, 0.717) is 11.1 Å². The van der Waals surface area contributed by atoms with E-state index >= 15 is 0 Å². The molecule has 0 saturated carbocycles. The number of nitro benzene ring substituents is 1. The molecule has 10 heteroatoms. The Bertz CT molecular complexity index is 1040. The predicted molar refractivity (Wildman–Crippen MR) is 112 cm³/mol. The van der Waals surface area contributed by atoms with Crippen LogP contribution in [0.15, 0.2) is 42.5 Å². The molecule has 0 radical (unpaired) electrons. The predicted octanol–water partition coefficient (Wildman–Crippen LogP) is 3.46. The first kappa shape index (κ1) is 23.3. The van der Waals surface area contributed by atoms with Crippen molar-refractivity contribution < 1.29 is 22.5 Å². The van der Waals surface area contributed by atoms with Crippen LogP contribution < -0.4 is 9.62 Å². The summed E-state index contributed by atoms with van der Waals surface area (Å²) in [4.78, 5) is 23.5. The van der Waals surface area contributed by atoms with Gasteiger partial charge in [0.2, 0.25) is 15.9 Å². The second kappa shape index (κ2) is 9.21. The van der Waals surface area contributed by atoms with Crippen LogP contribution in [-0.2, 0) is 14.8 Å². The van der Waals surface area contributed by atoms with E-state index in [9.17, 15) is 27.7 Å². The molecule has 30 heavy (non-hydrogen) atoms. The zero-order chi connectivity index (χ0) is 22.6. The van der Waals surface area contributed by atoms with Crippen molar-refractivity contribution in [2.75, 3.05) is 10.6 Å². The maximum Gasteiger partial charge on any atom is 0.271 e. The molecule has 0 spiro atoms. The molecule has 8 nitrogen and oxygen atoms in total. The number of amides is 1. The Morgan fingerprint density at radius 3 is 2.33 bits per heavy atom. The number of hydrogen-bond acceptors (Lipinski definition) is 5. The largest absolute Gasteiger partial charge is 0.348 e. The Balaban J connectivity index is 2.42. The van der Waals surface area contributed by atoms with Crippen LogP contribution in [0.25, 0.3) is 0 Å². The molecule has 0 aliphatic rings. The lowest BCUT2D eigenvalue weighted by Gasteiger charge is -2.32. The van der Waals surface area contributed by atoms with Gasteiger partial charge in [-0.05, 0) is 43.5 Å². The van der Waals surface area contributed by atoms with Crippen LogP contribution in [0.1, 0.15) is 37.4 Å². The highest BCUT2D eigenvalue weighted by molar-refractivity contribution is 7.92. The third kappa shape index (κ3) is 5.32. The number of aryl methyl sites for hydroxylation is 1. The van der Waals surface area contributed by atoms with E-state index in [-0.39, 0.29) is 17.8 Å². The molecule has 162 valence electrons. The lowest BCUT2D eigenvalue weighted by Crippen LogP contribution is -2.50. The van der Waals surface area contributed by atoms with E-state index in [1.165, 1.54) is 36.4 Å². The summed E-state index contributed by atoms with van der Waals surface area (Å²) in [5.41, 5.74) is 0.920. The molecule has 2 rings (SSSR count). The minimum absolute atomic E-state index is 0.0723. The average molecular weight is 437 g/mol. The Kier molecular flexibility index (Phi) is 7.14. The second-order valence-electron chi connectivity index (χ2n) is 6.99. The molecule has 1 N–H and O–H groups in total. The number of carbonyl (C=O) groups is 1. The maximum atomic E-state index is 13.1. The highest BCUT2D eigenvalue weighted by Gasteiger charge is 2.33. The van der Waals surface area contributed by atoms with Gasteiger partial charge in [-0.1, -0.05) is 25.1 Å². The molecule has 1 amide bonds. The first-order valence-corrected chi connectivity index (χ1v) is 11.1. The number of nitro groups is 1. The smallest absolute Gasteiger partial charge is 0.271 e. The van der Waals surface area contributed by atoms with Gasteiger partial charge in [0, 0.05) is 12.1 Å². The molecule has 0 aliphatic carbocycles. The third-order valence-electron chi connectivity index (χ3n) is 4.70. The number of non-ortho nitro benzene ring substituents is 1. The molecule has 0 fully saturated rings. The maximum absolute atomic E-state index is 13.1. The van der Waals surface area contributed by atoms with Crippen LogP contribution >= 0.6 is 0 Å². The number of carbonyl (C=O) groups excluding carboxylic acids is 1. The van der Waals surface area contributed by atoms with Gasteiger partial charge in [0.25, 0.3) is 5.69 Å². The van der Waals surface area contributed by atoms with Gasteiger partial charge in [-0.25, -0.2) is 12.8 Å². The summed E-state index contributed by atoms with van der Waals surface area (Å²) in [6.45, 7) is 4.96. The molecule has 2 aromatic carbocycles. The monoisotopic (exact) mass is 437 g/mol. The van der Waals surface area contributed by atoms with Gasteiger partial charge in [0.05, 0.1) is 22.9 Å². The van der Waals surface area contributed by atoms with Gasteiger partial charge in [-0.3, -0.25) is 19.2 Å². The van der Waals surface area contributed by atoms with Crippen LogP contribution in [-0.4, -0.2) is 31.5 Å². The zero-order valence-electron chi connectivity index (χ0n) is 17.1. The SMILES string of the molecule is CC[C@H](C(=O)N[C@H](C)c1ccc(F)cc1)N(c1cc([N+](=O)[O-])ccc1C)S(C)(=O)=O. The van der Waals surface area contributed by atoms with E-state index in [1.807, 2.05) is 0 Å². The van der Waals surface area contributed by atoms with Crippen LogP contribution in [0.4, 0.5) is 15.8 Å². The number of nitrogens with one attached hydrogen (secondary N) is 1. The van der Waals surface area contributed by atoms with Gasteiger partial charge in [0.1, 0.15) is 11.9 Å². The lowest BCUT2D eigenvalue weighted by atomic mass is 10.1. The van der Waals surface area contributed by atoms with Crippen molar-refractivity contribution in [2.45, 2.75) is 39.3 Å². The average Bonchev–Trinajstić information content (AvgIpc) is 2.66. The zero-order valence-corrected chi connectivity index (χ0v) is 17.9. The van der Waals surface area contributed by atoms with Crippen molar-refractivity contribution in [3.8, 4) is 0 Å². The fourth-order valence-corrected chi connectivity index (χ4v) is 4.39. The van der Waals surface area contributed by atoms with Crippen molar-refractivity contribution in [1.82, 2.24) is 5.32 Å². The summed E-state index contributed by atoms with van der Waals surface area (Å²) in [6.07, 6.45) is 1.09. The molecule has 0 heterocycles. The van der Waals surface area contributed by atoms with Crippen LogP contribution in [0.5, 0.6) is 0 Å². The van der Waals surface area contributed by atoms with Crippen molar-refractivity contribution >= 4 is 27.3 Å². The Hall–Kier alpha value is -3.01. The van der Waals surface area contributed by atoms with E-state index in [2.05, 4.69) is 5.32 Å². The first-order chi connectivity index (χ1) is 14.0. The number of rotatable bonds is 8. The van der Waals surface area contributed by atoms with Crippen molar-refractivity contribution in [2.24, 2.45) is 0 Å². The molecule has 0 saturated heterocycles. The minimum Gasteiger partial charge on any atom is -0.348 e. The summed E-state index contributed by atoms with van der Waals surface area (Å²) < 4.78 is 39.3. The molecular weight excluding hydrogens is 413 g/mol. The molecular formula is C20H24FN3O5S. The van der Waals surface area contributed by atoms with Crippen molar-refractivity contribution in [3.63, 3.8) is 0 Å². The van der Waals surface area contributed by atoms with Gasteiger partial charge >= 0.3 is 0 Å². The van der Waals surface area contributed by atoms with E-state index in [0.717, 1.165) is 16.6 Å². The molecule has 2 atom stereocenters. The number of anilines is 1. The van der Waals surface area contributed by atoms with Crippen molar-refractivity contribution in [3.05, 3.63) is 69.5 Å². The topological polar surface area (TPSA) is 110 Å². The van der Waals surface area contributed by atoms with Gasteiger partial charge in [-0.2, -0.15) is 0 Å². The van der Waals surface area contributed by atoms with E-state index in [1.54, 1.807) is 20.8 Å². The molecule has 0 unspecified atom stereocenters. The summed E-state index contributed by atoms with van der Waals surface area (Å²) in [7, 11) is -3.94. The van der Waals surface area contributed by atoms with E-state index in [4.69, 9.17) is 0 Å². The van der Waals surface area contributed by atoms with Gasteiger partial charge in [0.15, 0.2) is 0 Å². The fraction of sp³-hybridized carbons (Fsp3) is 0.350. The molecule has 0 aromatic heterocycles. The van der Waals surface area contributed by atoms with Gasteiger partial charge < -0.3 is 5.32 Å². The third-order valence-corrected chi connectivity index (χ3v) is 5.87. The van der Waals surface area contributed by atoms with E-state index < -0.39 is 38.8 Å². The fourth-order valence-electron chi connectivity index (χ4n) is 3.13. The summed E-state index contributed by atoms with van der Waals surface area (Å²) >= 11 is 0. The molecule has 0 aliphatic heterocycles. The van der Waals surface area contributed by atoms with Crippen LogP contribution in [0, 0.1) is 22.9 Å². The lowest BCUT2D eigenvalue weighted by molar-refractivity contribution is -0.384. The standard InChI is InChI=1S/C20H24FN3O5S/c1-5-18(20(25)22-14(3)15-7-9-16(21)10-8-15)23(30(4,28)29)19-12-17(24(26)27)11-6-13(19)2/h6-12,14,18H,5H2,1-4H3,(H,22,25)/t14-,18-/m1/s1. The summed E-state index contributed by atoms with van der Waals surface area (Å²) in [5.74, 6) is -0.973. The molecule has 2 aromatic rings. The highest BCUT2D eigenvalue weighted by atomic mass is 32.2. The number of halogens is 1. The normalized spacial score (nSPS) is 13.4. The first-order valence-electron chi connectivity index (χ1n) is 9.26. The number of sulfonamides is 1. The summed E-state index contributed by atoms with van der Waals surface area (Å²) in [5, 5.41) is 13.9. The van der Waals surface area contributed by atoms with Crippen molar-refractivity contribution in [1.29, 1.82) is 0 Å². The van der Waals surface area contributed by atoms with Crippen LogP contribution in [0.2, 0.25) is 0 Å². The number of benzene rings is 2. The molecule has 0 bridgehead atoms. The Labute approximate surface area is 174 Å². The summed E-state index contributed by atoms with van der Waals surface area (Å²) in [6, 6.07) is 7.84. The Morgan fingerprint density at radius 1 is 1.23 bits per heavy atom.